The van der Waals surface area contributed by atoms with Crippen molar-refractivity contribution >= 4 is 11.0 Å². The van der Waals surface area contributed by atoms with E-state index in [0.29, 0.717) is 12.5 Å². The zero-order valence-corrected chi connectivity index (χ0v) is 13.0. The largest absolute Gasteiger partial charge is 0.472 e. The van der Waals surface area contributed by atoms with Crippen LogP contribution in [0.5, 0.6) is 0 Å². The number of fused-ring (bicyclic) bond motifs is 1. The minimum atomic E-state index is 0.0545. The van der Waals surface area contributed by atoms with Crippen molar-refractivity contribution in [3.05, 3.63) is 58.9 Å². The first-order valence-corrected chi connectivity index (χ1v) is 8.10. The highest BCUT2D eigenvalue weighted by atomic mass is 16.5. The first kappa shape index (κ1) is 14.3. The van der Waals surface area contributed by atoms with E-state index < -0.39 is 0 Å². The molecule has 0 N–H and O–H groups in total. The summed E-state index contributed by atoms with van der Waals surface area (Å²) in [5.41, 5.74) is 3.04. The number of ether oxygens (including phenoxy) is 1. The Bertz CT molecular complexity index is 839. The van der Waals surface area contributed by atoms with Crippen molar-refractivity contribution in [3.63, 3.8) is 0 Å². The first-order valence-electron chi connectivity index (χ1n) is 8.10. The minimum Gasteiger partial charge on any atom is -0.472 e. The monoisotopic (exact) mass is 312 g/mol. The molecule has 4 rings (SSSR count). The van der Waals surface area contributed by atoms with Crippen molar-refractivity contribution < 1.29 is 9.15 Å². The summed E-state index contributed by atoms with van der Waals surface area (Å²) in [4.78, 5) is 13.0. The lowest BCUT2D eigenvalue weighted by atomic mass is 10.0. The number of rotatable bonds is 4. The summed E-state index contributed by atoms with van der Waals surface area (Å²) in [6, 6.07) is 9.91. The standard InChI is InChI=1S/C18H20N2O3/c21-18-19(11-14-5-8-22-9-6-14)16-3-1-2-4-17(16)20(18)12-15-7-10-23-13-15/h1-4,7,10,13-14H,5-6,8-9,11-12H2. The average Bonchev–Trinajstić information content (AvgIpc) is 3.19. The highest BCUT2D eigenvalue weighted by molar-refractivity contribution is 5.76. The number of imidazole rings is 1. The van der Waals surface area contributed by atoms with E-state index in [1.54, 1.807) is 12.5 Å². The number of para-hydroxylation sites is 2. The van der Waals surface area contributed by atoms with E-state index in [4.69, 9.17) is 9.15 Å². The molecule has 3 heterocycles. The van der Waals surface area contributed by atoms with Crippen molar-refractivity contribution in [2.45, 2.75) is 25.9 Å². The maximum absolute atomic E-state index is 13.0. The summed E-state index contributed by atoms with van der Waals surface area (Å²) in [6.07, 6.45) is 5.37. The Hall–Kier alpha value is -2.27. The molecule has 0 atom stereocenters. The minimum absolute atomic E-state index is 0.0545. The van der Waals surface area contributed by atoms with E-state index in [9.17, 15) is 4.79 Å². The lowest BCUT2D eigenvalue weighted by Gasteiger charge is -2.22. The van der Waals surface area contributed by atoms with E-state index in [1.165, 1.54) is 0 Å². The van der Waals surface area contributed by atoms with Gasteiger partial charge < -0.3 is 9.15 Å². The summed E-state index contributed by atoms with van der Waals surface area (Å²) in [5.74, 6) is 0.509. The quantitative estimate of drug-likeness (QED) is 0.744. The molecule has 0 radical (unpaired) electrons. The lowest BCUT2D eigenvalue weighted by Crippen LogP contribution is -2.29. The second kappa shape index (κ2) is 6.08. The van der Waals surface area contributed by atoms with Crippen molar-refractivity contribution in [2.24, 2.45) is 5.92 Å². The van der Waals surface area contributed by atoms with Gasteiger partial charge in [0.25, 0.3) is 0 Å². The number of aromatic nitrogens is 2. The molecule has 0 bridgehead atoms. The SMILES string of the molecule is O=c1n(Cc2ccoc2)c2ccccc2n1CC1CCOCC1. The van der Waals surface area contributed by atoms with E-state index >= 15 is 0 Å². The van der Waals surface area contributed by atoms with Crippen LogP contribution in [0.1, 0.15) is 18.4 Å². The van der Waals surface area contributed by atoms with Gasteiger partial charge >= 0.3 is 5.69 Å². The highest BCUT2D eigenvalue weighted by Crippen LogP contribution is 2.20. The lowest BCUT2D eigenvalue weighted by molar-refractivity contribution is 0.0612. The molecular weight excluding hydrogens is 292 g/mol. The van der Waals surface area contributed by atoms with E-state index in [1.807, 2.05) is 39.5 Å². The number of hydrogen-bond donors (Lipinski definition) is 0. The van der Waals surface area contributed by atoms with Crippen LogP contribution < -0.4 is 5.69 Å². The van der Waals surface area contributed by atoms with Gasteiger partial charge in [0, 0.05) is 25.3 Å². The van der Waals surface area contributed by atoms with E-state index in [0.717, 1.165) is 49.2 Å². The van der Waals surface area contributed by atoms with Crippen molar-refractivity contribution in [3.8, 4) is 0 Å². The first-order chi connectivity index (χ1) is 11.3. The number of nitrogens with zero attached hydrogens (tertiary/aromatic N) is 2. The third-order valence-electron chi connectivity index (χ3n) is 4.63. The Morgan fingerprint density at radius 3 is 2.48 bits per heavy atom. The third kappa shape index (κ3) is 2.72. The van der Waals surface area contributed by atoms with Gasteiger partial charge in [0.1, 0.15) is 0 Å². The molecule has 0 amide bonds. The Morgan fingerprint density at radius 2 is 1.78 bits per heavy atom. The Kier molecular flexibility index (Phi) is 3.79. The summed E-state index contributed by atoms with van der Waals surface area (Å²) >= 11 is 0. The molecule has 2 aromatic heterocycles. The van der Waals surface area contributed by atoms with Gasteiger partial charge in [-0.15, -0.1) is 0 Å². The fourth-order valence-electron chi connectivity index (χ4n) is 3.35. The van der Waals surface area contributed by atoms with Crippen LogP contribution in [0, 0.1) is 5.92 Å². The Labute approximate surface area is 134 Å². The maximum atomic E-state index is 13.0. The number of benzene rings is 1. The maximum Gasteiger partial charge on any atom is 0.329 e. The molecule has 1 saturated heterocycles. The van der Waals surface area contributed by atoms with Gasteiger partial charge in [-0.05, 0) is 37.0 Å². The molecule has 5 nitrogen and oxygen atoms in total. The molecule has 0 saturated carbocycles. The topological polar surface area (TPSA) is 49.3 Å². The summed E-state index contributed by atoms with van der Waals surface area (Å²) in [7, 11) is 0. The number of furan rings is 1. The van der Waals surface area contributed by atoms with Crippen molar-refractivity contribution in [1.82, 2.24) is 9.13 Å². The molecule has 1 aliphatic heterocycles. The molecule has 5 heteroatoms. The molecule has 0 aliphatic carbocycles. The molecule has 1 aromatic carbocycles. The third-order valence-corrected chi connectivity index (χ3v) is 4.63. The molecule has 120 valence electrons. The van der Waals surface area contributed by atoms with Crippen LogP contribution in [0.3, 0.4) is 0 Å². The van der Waals surface area contributed by atoms with Crippen LogP contribution >= 0.6 is 0 Å². The summed E-state index contributed by atoms with van der Waals surface area (Å²) in [5, 5.41) is 0. The Balaban J connectivity index is 1.74. The normalized spacial score (nSPS) is 16.2. The van der Waals surface area contributed by atoms with Crippen LogP contribution in [0.4, 0.5) is 0 Å². The van der Waals surface area contributed by atoms with Gasteiger partial charge in [0.05, 0.1) is 30.1 Å². The smallest absolute Gasteiger partial charge is 0.329 e. The van der Waals surface area contributed by atoms with Crippen LogP contribution in [-0.4, -0.2) is 22.3 Å². The van der Waals surface area contributed by atoms with Crippen molar-refractivity contribution in [1.29, 1.82) is 0 Å². The van der Waals surface area contributed by atoms with Gasteiger partial charge in [-0.3, -0.25) is 9.13 Å². The molecule has 1 fully saturated rings. The van der Waals surface area contributed by atoms with E-state index in [2.05, 4.69) is 0 Å². The van der Waals surface area contributed by atoms with Gasteiger partial charge in [-0.25, -0.2) is 4.79 Å². The highest BCUT2D eigenvalue weighted by Gasteiger charge is 2.19. The number of hydrogen-bond acceptors (Lipinski definition) is 3. The Morgan fingerprint density at radius 1 is 1.04 bits per heavy atom. The second-order valence-corrected chi connectivity index (χ2v) is 6.16. The van der Waals surface area contributed by atoms with Crippen LogP contribution in [-0.2, 0) is 17.8 Å². The zero-order valence-electron chi connectivity index (χ0n) is 13.0. The molecule has 0 unspecified atom stereocenters. The fourth-order valence-corrected chi connectivity index (χ4v) is 3.35. The average molecular weight is 312 g/mol. The zero-order chi connectivity index (χ0) is 15.6. The van der Waals surface area contributed by atoms with E-state index in [-0.39, 0.29) is 5.69 Å². The predicted molar refractivity (Wildman–Crippen MR) is 87.6 cm³/mol. The van der Waals surface area contributed by atoms with Gasteiger partial charge in [-0.1, -0.05) is 12.1 Å². The molecule has 23 heavy (non-hydrogen) atoms. The van der Waals surface area contributed by atoms with Crippen molar-refractivity contribution in [2.75, 3.05) is 13.2 Å². The van der Waals surface area contributed by atoms with Gasteiger partial charge in [-0.2, -0.15) is 0 Å². The van der Waals surface area contributed by atoms with Crippen LogP contribution in [0.2, 0.25) is 0 Å². The molecule has 0 spiro atoms. The van der Waals surface area contributed by atoms with Crippen LogP contribution in [0.15, 0.2) is 52.1 Å². The molecule has 3 aromatic rings. The van der Waals surface area contributed by atoms with Gasteiger partial charge in [0.15, 0.2) is 0 Å². The molecule has 1 aliphatic rings. The molecular formula is C18H20N2O3. The van der Waals surface area contributed by atoms with Gasteiger partial charge in [0.2, 0.25) is 0 Å². The second-order valence-electron chi connectivity index (χ2n) is 6.16. The van der Waals surface area contributed by atoms with Crippen LogP contribution in [0.25, 0.3) is 11.0 Å². The summed E-state index contributed by atoms with van der Waals surface area (Å²) < 4.78 is 14.3. The predicted octanol–water partition coefficient (Wildman–Crippen LogP) is 2.87. The summed E-state index contributed by atoms with van der Waals surface area (Å²) in [6.45, 7) is 2.90. The fraction of sp³-hybridized carbons (Fsp3) is 0.389.